The highest BCUT2D eigenvalue weighted by atomic mass is 35.5. The molecule has 0 spiro atoms. The van der Waals surface area contributed by atoms with Gasteiger partial charge in [-0.25, -0.2) is 4.79 Å². The highest BCUT2D eigenvalue weighted by Crippen LogP contribution is 2.26. The van der Waals surface area contributed by atoms with E-state index in [0.717, 1.165) is 0 Å². The SMILES string of the molecule is CC(C)N(CCC(=O)O)C(=O)c1cc(N2CCNC2=O)ccc1Cl. The zero-order chi connectivity index (χ0) is 17.9. The Hall–Kier alpha value is -2.28. The minimum atomic E-state index is -0.970. The van der Waals surface area contributed by atoms with Crippen LogP contribution in [0.15, 0.2) is 18.2 Å². The molecule has 1 saturated heterocycles. The van der Waals surface area contributed by atoms with Crippen molar-refractivity contribution >= 4 is 35.2 Å². The molecule has 0 aliphatic carbocycles. The third-order valence-corrected chi connectivity index (χ3v) is 4.13. The maximum Gasteiger partial charge on any atom is 0.321 e. The van der Waals surface area contributed by atoms with Crippen LogP contribution in [-0.2, 0) is 4.79 Å². The Morgan fingerprint density at radius 2 is 2.12 bits per heavy atom. The molecule has 1 aromatic carbocycles. The van der Waals surface area contributed by atoms with E-state index in [9.17, 15) is 14.4 Å². The van der Waals surface area contributed by atoms with Crippen LogP contribution in [0.4, 0.5) is 10.5 Å². The zero-order valence-corrected chi connectivity index (χ0v) is 14.3. The number of amides is 3. The van der Waals surface area contributed by atoms with Crippen molar-refractivity contribution < 1.29 is 19.5 Å². The van der Waals surface area contributed by atoms with Crippen molar-refractivity contribution in [2.75, 3.05) is 24.5 Å². The van der Waals surface area contributed by atoms with Gasteiger partial charge in [0.25, 0.3) is 5.91 Å². The van der Waals surface area contributed by atoms with E-state index in [-0.39, 0.29) is 41.5 Å². The Morgan fingerprint density at radius 3 is 2.67 bits per heavy atom. The van der Waals surface area contributed by atoms with Crippen molar-refractivity contribution in [3.8, 4) is 0 Å². The van der Waals surface area contributed by atoms with Crippen molar-refractivity contribution in [2.45, 2.75) is 26.3 Å². The van der Waals surface area contributed by atoms with Crippen LogP contribution < -0.4 is 10.2 Å². The molecule has 8 heteroatoms. The fourth-order valence-electron chi connectivity index (χ4n) is 2.53. The molecule has 130 valence electrons. The Labute approximate surface area is 145 Å². The van der Waals surface area contributed by atoms with Crippen molar-refractivity contribution in [1.29, 1.82) is 0 Å². The van der Waals surface area contributed by atoms with Gasteiger partial charge in [-0.05, 0) is 32.0 Å². The number of anilines is 1. The van der Waals surface area contributed by atoms with Crippen molar-refractivity contribution in [3.05, 3.63) is 28.8 Å². The van der Waals surface area contributed by atoms with E-state index < -0.39 is 5.97 Å². The fourth-order valence-corrected chi connectivity index (χ4v) is 2.73. The maximum absolute atomic E-state index is 12.8. The van der Waals surface area contributed by atoms with E-state index >= 15 is 0 Å². The number of carbonyl (C=O) groups is 3. The van der Waals surface area contributed by atoms with E-state index in [0.29, 0.717) is 18.8 Å². The molecule has 2 N–H and O–H groups in total. The molecule has 1 aromatic rings. The van der Waals surface area contributed by atoms with Gasteiger partial charge in [0.05, 0.1) is 17.0 Å². The molecule has 7 nitrogen and oxygen atoms in total. The normalized spacial score (nSPS) is 14.0. The number of halogens is 1. The summed E-state index contributed by atoms with van der Waals surface area (Å²) in [7, 11) is 0. The van der Waals surface area contributed by atoms with Gasteiger partial charge in [0.2, 0.25) is 0 Å². The number of carbonyl (C=O) groups excluding carboxylic acids is 2. The van der Waals surface area contributed by atoms with Crippen molar-refractivity contribution in [1.82, 2.24) is 10.2 Å². The number of hydrogen-bond acceptors (Lipinski definition) is 3. The van der Waals surface area contributed by atoms with Crippen LogP contribution in [0, 0.1) is 0 Å². The van der Waals surface area contributed by atoms with Gasteiger partial charge in [-0.1, -0.05) is 11.6 Å². The smallest absolute Gasteiger partial charge is 0.321 e. The molecule has 1 heterocycles. The number of carboxylic acid groups (broad SMARTS) is 1. The van der Waals surface area contributed by atoms with E-state index in [2.05, 4.69) is 5.32 Å². The maximum atomic E-state index is 12.8. The molecule has 0 bridgehead atoms. The summed E-state index contributed by atoms with van der Waals surface area (Å²) < 4.78 is 0. The van der Waals surface area contributed by atoms with Gasteiger partial charge in [0.15, 0.2) is 0 Å². The molecule has 0 aromatic heterocycles. The lowest BCUT2D eigenvalue weighted by Gasteiger charge is -2.27. The molecular formula is C16H20ClN3O4. The third kappa shape index (κ3) is 3.97. The van der Waals surface area contributed by atoms with Crippen LogP contribution in [-0.4, -0.2) is 53.6 Å². The second-order valence-electron chi connectivity index (χ2n) is 5.78. The molecule has 24 heavy (non-hydrogen) atoms. The number of carboxylic acids is 1. The Kier molecular flexibility index (Phi) is 5.66. The molecule has 1 fully saturated rings. The summed E-state index contributed by atoms with van der Waals surface area (Å²) in [5.41, 5.74) is 0.840. The van der Waals surface area contributed by atoms with E-state index in [1.807, 2.05) is 13.8 Å². The standard InChI is InChI=1S/C16H20ClN3O4/c1-10(2)19(7-5-14(21)22)15(23)12-9-11(3-4-13(12)17)20-8-6-18-16(20)24/h3-4,9-10H,5-8H2,1-2H3,(H,18,24)(H,21,22). The number of nitrogens with one attached hydrogen (secondary N) is 1. The van der Waals surface area contributed by atoms with Crippen LogP contribution in [0.2, 0.25) is 5.02 Å². The molecule has 0 atom stereocenters. The second kappa shape index (κ2) is 7.53. The lowest BCUT2D eigenvalue weighted by atomic mass is 10.1. The lowest BCUT2D eigenvalue weighted by Crippen LogP contribution is -2.38. The Balaban J connectivity index is 2.29. The summed E-state index contributed by atoms with van der Waals surface area (Å²) in [6.07, 6.45) is -0.143. The summed E-state index contributed by atoms with van der Waals surface area (Å²) >= 11 is 6.16. The second-order valence-corrected chi connectivity index (χ2v) is 6.19. The van der Waals surface area contributed by atoms with Crippen LogP contribution in [0.25, 0.3) is 0 Å². The number of aliphatic carboxylic acids is 1. The average molecular weight is 354 g/mol. The molecule has 0 radical (unpaired) electrons. The predicted octanol–water partition coefficient (Wildman–Crippen LogP) is 2.19. The first kappa shape index (κ1) is 18.1. The van der Waals surface area contributed by atoms with Crippen LogP contribution >= 0.6 is 11.6 Å². The van der Waals surface area contributed by atoms with Crippen molar-refractivity contribution in [3.63, 3.8) is 0 Å². The zero-order valence-electron chi connectivity index (χ0n) is 13.6. The first-order valence-corrected chi connectivity index (χ1v) is 8.06. The topological polar surface area (TPSA) is 90.0 Å². The Morgan fingerprint density at radius 1 is 1.42 bits per heavy atom. The molecular weight excluding hydrogens is 334 g/mol. The predicted molar refractivity (Wildman–Crippen MR) is 90.6 cm³/mol. The molecule has 0 unspecified atom stereocenters. The van der Waals surface area contributed by atoms with Gasteiger partial charge in [-0.15, -0.1) is 0 Å². The number of nitrogens with zero attached hydrogens (tertiary/aromatic N) is 2. The van der Waals surface area contributed by atoms with Gasteiger partial charge in [0, 0.05) is 31.4 Å². The quantitative estimate of drug-likeness (QED) is 0.820. The van der Waals surface area contributed by atoms with Crippen LogP contribution in [0.5, 0.6) is 0 Å². The number of rotatable bonds is 6. The summed E-state index contributed by atoms with van der Waals surface area (Å²) in [4.78, 5) is 38.4. The summed E-state index contributed by atoms with van der Waals surface area (Å²) in [5.74, 6) is -1.32. The number of hydrogen-bond donors (Lipinski definition) is 2. The molecule has 1 aliphatic rings. The van der Waals surface area contributed by atoms with Crippen LogP contribution in [0.1, 0.15) is 30.6 Å². The lowest BCUT2D eigenvalue weighted by molar-refractivity contribution is -0.137. The molecule has 0 saturated carbocycles. The van der Waals surface area contributed by atoms with Gasteiger partial charge < -0.3 is 15.3 Å². The summed E-state index contributed by atoms with van der Waals surface area (Å²) in [6.45, 7) is 4.77. The first-order chi connectivity index (χ1) is 11.3. The molecule has 3 amide bonds. The van der Waals surface area contributed by atoms with E-state index in [1.54, 1.807) is 18.2 Å². The fraction of sp³-hybridized carbons (Fsp3) is 0.438. The van der Waals surface area contributed by atoms with Gasteiger partial charge >= 0.3 is 12.0 Å². The van der Waals surface area contributed by atoms with Gasteiger partial charge in [0.1, 0.15) is 0 Å². The van der Waals surface area contributed by atoms with E-state index in [1.165, 1.54) is 9.80 Å². The van der Waals surface area contributed by atoms with E-state index in [4.69, 9.17) is 16.7 Å². The van der Waals surface area contributed by atoms with Gasteiger partial charge in [-0.3, -0.25) is 14.5 Å². The largest absolute Gasteiger partial charge is 0.481 e. The minimum absolute atomic E-state index is 0.0938. The first-order valence-electron chi connectivity index (χ1n) is 7.69. The molecule has 2 rings (SSSR count). The molecule has 1 aliphatic heterocycles. The highest BCUT2D eigenvalue weighted by molar-refractivity contribution is 6.34. The average Bonchev–Trinajstić information content (AvgIpc) is 2.93. The van der Waals surface area contributed by atoms with Crippen molar-refractivity contribution in [2.24, 2.45) is 0 Å². The Bertz CT molecular complexity index is 663. The number of benzene rings is 1. The third-order valence-electron chi connectivity index (χ3n) is 3.80. The minimum Gasteiger partial charge on any atom is -0.481 e. The summed E-state index contributed by atoms with van der Waals surface area (Å²) in [5, 5.41) is 11.8. The monoisotopic (exact) mass is 353 g/mol. The highest BCUT2D eigenvalue weighted by Gasteiger charge is 2.25. The summed E-state index contributed by atoms with van der Waals surface area (Å²) in [6, 6.07) is 4.44. The van der Waals surface area contributed by atoms with Crippen LogP contribution in [0.3, 0.4) is 0 Å². The number of urea groups is 1. The van der Waals surface area contributed by atoms with Gasteiger partial charge in [-0.2, -0.15) is 0 Å².